The van der Waals surface area contributed by atoms with Gasteiger partial charge >= 0.3 is 11.9 Å². The van der Waals surface area contributed by atoms with Gasteiger partial charge in [0.25, 0.3) is 0 Å². The highest BCUT2D eigenvalue weighted by Crippen LogP contribution is 1.94. The van der Waals surface area contributed by atoms with E-state index in [2.05, 4.69) is 19.4 Å². The van der Waals surface area contributed by atoms with E-state index in [1.54, 1.807) is 5.64 Å². The summed E-state index contributed by atoms with van der Waals surface area (Å²) in [5.74, 6) is -2.80. The van der Waals surface area contributed by atoms with Crippen LogP contribution in [0.4, 0.5) is 0 Å². The van der Waals surface area contributed by atoms with Crippen LogP contribution < -0.4 is 11.3 Å². The van der Waals surface area contributed by atoms with Gasteiger partial charge in [-0.25, -0.2) is 4.79 Å². The molecule has 0 fully saturated rings. The van der Waals surface area contributed by atoms with Crippen LogP contribution in [-0.4, -0.2) is 31.9 Å². The molecule has 0 bridgehead atoms. The van der Waals surface area contributed by atoms with Crippen LogP contribution in [0.1, 0.15) is 12.8 Å². The summed E-state index contributed by atoms with van der Waals surface area (Å²) in [5, 5.41) is 0. The van der Waals surface area contributed by atoms with Crippen LogP contribution >= 0.6 is 0 Å². The van der Waals surface area contributed by atoms with Gasteiger partial charge < -0.3 is 9.68 Å². The van der Waals surface area contributed by atoms with Crippen molar-refractivity contribution in [1.29, 1.82) is 0 Å². The van der Waals surface area contributed by atoms with Gasteiger partial charge in [0.05, 0.1) is 20.6 Å². The second kappa shape index (κ2) is 8.73. The molecule has 0 aromatic heterocycles. The number of hydrogen-bond acceptors (Lipinski definition) is 9. The Morgan fingerprint density at radius 1 is 0.938 bits per heavy atom. The van der Waals surface area contributed by atoms with E-state index < -0.39 is 17.7 Å². The molecule has 0 aliphatic rings. The minimum atomic E-state index is -1.16. The average molecular weight is 236 g/mol. The van der Waals surface area contributed by atoms with E-state index in [1.807, 2.05) is 5.64 Å². The van der Waals surface area contributed by atoms with Gasteiger partial charge in [-0.3, -0.25) is 19.3 Å². The molecule has 0 spiro atoms. The van der Waals surface area contributed by atoms with Crippen molar-refractivity contribution in [2.45, 2.75) is 12.8 Å². The number of ketones is 1. The van der Waals surface area contributed by atoms with Gasteiger partial charge in [0, 0.05) is 6.42 Å². The summed E-state index contributed by atoms with van der Waals surface area (Å²) < 4.78 is 0. The van der Waals surface area contributed by atoms with Gasteiger partial charge in [0.2, 0.25) is 5.78 Å². The Morgan fingerprint density at radius 3 is 2.06 bits per heavy atom. The number of carbonyl (C=O) groups is 3. The molecule has 0 aromatic carbocycles. The molecule has 0 saturated heterocycles. The highest BCUT2D eigenvalue weighted by Gasteiger charge is 2.17. The van der Waals surface area contributed by atoms with Gasteiger partial charge in [-0.1, -0.05) is 0 Å². The molecular formula is C7H12N2O7. The van der Waals surface area contributed by atoms with E-state index in [0.717, 1.165) is 0 Å². The maximum absolute atomic E-state index is 11.0. The molecule has 2 N–H and O–H groups in total. The lowest BCUT2D eigenvalue weighted by Crippen LogP contribution is -2.26. The molecule has 92 valence electrons. The van der Waals surface area contributed by atoms with Crippen molar-refractivity contribution in [3.63, 3.8) is 0 Å². The molecule has 0 aliphatic carbocycles. The lowest BCUT2D eigenvalue weighted by atomic mass is 10.2. The third kappa shape index (κ3) is 6.84. The summed E-state index contributed by atoms with van der Waals surface area (Å²) in [4.78, 5) is 49.4. The summed E-state index contributed by atoms with van der Waals surface area (Å²) in [6.45, 7) is 0. The molecule has 0 heterocycles. The van der Waals surface area contributed by atoms with Crippen molar-refractivity contribution in [2.24, 2.45) is 0 Å². The number of nitrogens with one attached hydrogen (secondary N) is 2. The molecule has 0 amide bonds. The van der Waals surface area contributed by atoms with Gasteiger partial charge in [0.15, 0.2) is 0 Å². The Labute approximate surface area is 90.8 Å². The van der Waals surface area contributed by atoms with E-state index in [0.29, 0.717) is 0 Å². The summed E-state index contributed by atoms with van der Waals surface area (Å²) in [6.07, 6.45) is -0.619. The largest absolute Gasteiger partial charge is 0.395 e. The van der Waals surface area contributed by atoms with Crippen molar-refractivity contribution in [2.75, 3.05) is 14.2 Å². The predicted octanol–water partition coefficient (Wildman–Crippen LogP) is -1.45. The monoisotopic (exact) mass is 236 g/mol. The van der Waals surface area contributed by atoms with Crippen LogP contribution in [0, 0.1) is 0 Å². The quantitative estimate of drug-likeness (QED) is 0.386. The zero-order valence-corrected chi connectivity index (χ0v) is 8.77. The van der Waals surface area contributed by atoms with Gasteiger partial charge in [-0.05, 0) is 11.3 Å². The zero-order valence-electron chi connectivity index (χ0n) is 8.77. The first kappa shape index (κ1) is 14.5. The van der Waals surface area contributed by atoms with Crippen LogP contribution in [-0.2, 0) is 33.7 Å². The Hall–Kier alpha value is -1.55. The molecule has 0 saturated carbocycles. The highest BCUT2D eigenvalue weighted by atomic mass is 16.9. The summed E-state index contributed by atoms with van der Waals surface area (Å²) in [6, 6.07) is 0. The molecule has 0 radical (unpaired) electrons. The lowest BCUT2D eigenvalue weighted by molar-refractivity contribution is -0.188. The topological polar surface area (TPSA) is 112 Å². The van der Waals surface area contributed by atoms with E-state index >= 15 is 0 Å². The fourth-order valence-electron chi connectivity index (χ4n) is 0.593. The minimum absolute atomic E-state index is 0.280. The van der Waals surface area contributed by atoms with Crippen molar-refractivity contribution in [3.8, 4) is 0 Å². The molecule has 0 aromatic rings. The van der Waals surface area contributed by atoms with Crippen LogP contribution in [0.3, 0.4) is 0 Å². The predicted molar refractivity (Wildman–Crippen MR) is 46.7 cm³/mol. The average Bonchev–Trinajstić information content (AvgIpc) is 2.30. The first-order valence-corrected chi connectivity index (χ1v) is 4.11. The van der Waals surface area contributed by atoms with Crippen LogP contribution in [0.25, 0.3) is 0 Å². The number of hydrogen-bond donors (Lipinski definition) is 2. The molecule has 0 aliphatic heterocycles. The lowest BCUT2D eigenvalue weighted by Gasteiger charge is -2.03. The first-order chi connectivity index (χ1) is 7.61. The second-order valence-electron chi connectivity index (χ2n) is 2.36. The minimum Gasteiger partial charge on any atom is -0.345 e. The molecule has 0 atom stereocenters. The summed E-state index contributed by atoms with van der Waals surface area (Å²) in [5.41, 5.74) is 3.56. The van der Waals surface area contributed by atoms with Crippen molar-refractivity contribution < 1.29 is 33.7 Å². The van der Waals surface area contributed by atoms with E-state index in [-0.39, 0.29) is 12.8 Å². The summed E-state index contributed by atoms with van der Waals surface area (Å²) >= 11 is 0. The number of Topliss-reactive ketones (excluding diaryl/α,β-unsaturated/α-hetero) is 1. The van der Waals surface area contributed by atoms with Gasteiger partial charge in [-0.15, -0.1) is 0 Å². The molecule has 0 unspecified atom stereocenters. The van der Waals surface area contributed by atoms with Crippen LogP contribution in [0.2, 0.25) is 0 Å². The molecular weight excluding hydrogens is 224 g/mol. The smallest absolute Gasteiger partial charge is 0.345 e. The Bertz CT molecular complexity index is 255. The van der Waals surface area contributed by atoms with Gasteiger partial charge in [-0.2, -0.15) is 0 Å². The zero-order chi connectivity index (χ0) is 12.4. The highest BCUT2D eigenvalue weighted by molar-refractivity contribution is 6.33. The summed E-state index contributed by atoms with van der Waals surface area (Å²) in [7, 11) is 2.44. The maximum atomic E-state index is 11.0. The maximum Gasteiger partial charge on any atom is 0.395 e. The van der Waals surface area contributed by atoms with Crippen molar-refractivity contribution in [3.05, 3.63) is 0 Å². The van der Waals surface area contributed by atoms with Crippen LogP contribution in [0.15, 0.2) is 0 Å². The van der Waals surface area contributed by atoms with Crippen molar-refractivity contribution >= 4 is 17.7 Å². The van der Waals surface area contributed by atoms with Gasteiger partial charge in [0.1, 0.15) is 0 Å². The first-order valence-electron chi connectivity index (χ1n) is 4.11. The number of carbonyl (C=O) groups excluding carboxylic acids is 3. The normalized spacial score (nSPS) is 9.62. The Kier molecular flexibility index (Phi) is 7.89. The van der Waals surface area contributed by atoms with E-state index in [9.17, 15) is 14.4 Å². The number of rotatable bonds is 8. The fourth-order valence-corrected chi connectivity index (χ4v) is 0.593. The second-order valence-corrected chi connectivity index (χ2v) is 2.36. The van der Waals surface area contributed by atoms with E-state index in [4.69, 9.17) is 0 Å². The van der Waals surface area contributed by atoms with E-state index in [1.165, 1.54) is 14.2 Å². The Balaban J connectivity index is 3.71. The molecule has 9 heteroatoms. The Morgan fingerprint density at radius 2 is 1.50 bits per heavy atom. The SMILES string of the molecule is CONOC(=O)CCC(=O)C(=O)ONOC. The third-order valence-electron chi connectivity index (χ3n) is 1.24. The third-order valence-corrected chi connectivity index (χ3v) is 1.24. The van der Waals surface area contributed by atoms with Crippen LogP contribution in [0.5, 0.6) is 0 Å². The molecule has 16 heavy (non-hydrogen) atoms. The molecule has 9 nitrogen and oxygen atoms in total. The van der Waals surface area contributed by atoms with Crippen molar-refractivity contribution in [1.82, 2.24) is 11.3 Å². The molecule has 0 rings (SSSR count). The fraction of sp³-hybridized carbons (Fsp3) is 0.571. The standard InChI is InChI=1S/C7H12N2O7/c1-13-8-15-6(11)4-3-5(10)7(12)16-9-14-2/h8-9H,3-4H2,1-2H3.